The number of hydrogen-bond acceptors (Lipinski definition) is 1. The Morgan fingerprint density at radius 2 is 2.12 bits per heavy atom. The third-order valence-corrected chi connectivity index (χ3v) is 2.73. The lowest BCUT2D eigenvalue weighted by Gasteiger charge is -2.18. The van der Waals surface area contributed by atoms with Gasteiger partial charge in [0.1, 0.15) is 5.82 Å². The number of halogens is 3. The average Bonchev–Trinajstić information content (AvgIpc) is 2.13. The van der Waals surface area contributed by atoms with Gasteiger partial charge in [-0.25, -0.2) is 4.39 Å². The van der Waals surface area contributed by atoms with Crippen molar-refractivity contribution in [3.63, 3.8) is 0 Å². The Kier molecular flexibility index (Phi) is 4.92. The van der Waals surface area contributed by atoms with Crippen molar-refractivity contribution in [1.29, 1.82) is 0 Å². The molecule has 2 nitrogen and oxygen atoms in total. The van der Waals surface area contributed by atoms with Crippen LogP contribution in [-0.2, 0) is 0 Å². The molecule has 0 saturated heterocycles. The number of nitrogens with zero attached hydrogens (tertiary/aromatic N) is 1. The molecule has 1 amide bonds. The number of hydrogen-bond donors (Lipinski definition) is 0. The third-order valence-electron chi connectivity index (χ3n) is 1.98. The van der Waals surface area contributed by atoms with Crippen LogP contribution in [0.2, 0.25) is 0 Å². The second kappa shape index (κ2) is 5.77. The molecule has 1 aromatic carbocycles. The number of carbonyl (C=O) groups is 1. The van der Waals surface area contributed by atoms with E-state index in [0.29, 0.717) is 16.6 Å². The molecule has 0 aliphatic heterocycles. The zero-order valence-electron chi connectivity index (χ0n) is 9.01. The van der Waals surface area contributed by atoms with Crippen LogP contribution in [0.5, 0.6) is 0 Å². The highest BCUT2D eigenvalue weighted by molar-refractivity contribution is 9.10. The van der Waals surface area contributed by atoms with Crippen molar-refractivity contribution in [3.05, 3.63) is 34.1 Å². The van der Waals surface area contributed by atoms with Crippen molar-refractivity contribution in [2.75, 3.05) is 13.6 Å². The lowest BCUT2D eigenvalue weighted by molar-refractivity contribution is 0.0797. The Morgan fingerprint density at radius 1 is 1.50 bits per heavy atom. The van der Waals surface area contributed by atoms with Crippen LogP contribution in [0, 0.1) is 5.82 Å². The fourth-order valence-electron chi connectivity index (χ4n) is 1.36. The van der Waals surface area contributed by atoms with Crippen molar-refractivity contribution in [1.82, 2.24) is 4.90 Å². The van der Waals surface area contributed by atoms with E-state index in [-0.39, 0.29) is 10.7 Å². The van der Waals surface area contributed by atoms with Crippen LogP contribution in [0.4, 0.5) is 4.39 Å². The highest BCUT2D eigenvalue weighted by Gasteiger charge is 2.14. The van der Waals surface area contributed by atoms with Gasteiger partial charge in [-0.1, -0.05) is 38.8 Å². The molecule has 5 heteroatoms. The largest absolute Gasteiger partial charge is 0.341 e. The molecule has 1 aromatic rings. The summed E-state index contributed by atoms with van der Waals surface area (Å²) in [6.45, 7) is 2.53. The maximum absolute atomic E-state index is 13.1. The molecule has 88 valence electrons. The van der Waals surface area contributed by atoms with Gasteiger partial charge < -0.3 is 4.90 Å². The summed E-state index contributed by atoms with van der Waals surface area (Å²) in [5.41, 5.74) is 0.350. The normalized spacial score (nSPS) is 12.3. The minimum absolute atomic E-state index is 0.188. The van der Waals surface area contributed by atoms with Crippen LogP contribution < -0.4 is 0 Å². The van der Waals surface area contributed by atoms with Crippen LogP contribution in [0.25, 0.3) is 0 Å². The van der Waals surface area contributed by atoms with E-state index in [2.05, 4.69) is 31.9 Å². The average molecular weight is 353 g/mol. The maximum atomic E-state index is 13.1. The number of rotatable bonds is 3. The molecular weight excluding hydrogens is 341 g/mol. The Morgan fingerprint density at radius 3 is 2.62 bits per heavy atom. The summed E-state index contributed by atoms with van der Waals surface area (Å²) in [5, 5.41) is 0. The number of carbonyl (C=O) groups excluding carboxylic acids is 1. The number of benzene rings is 1. The summed E-state index contributed by atoms with van der Waals surface area (Å²) in [6, 6.07) is 4.17. The van der Waals surface area contributed by atoms with E-state index < -0.39 is 5.82 Å². The zero-order chi connectivity index (χ0) is 12.3. The molecule has 0 heterocycles. The molecular formula is C11H12Br2FNO. The van der Waals surface area contributed by atoms with Gasteiger partial charge in [-0.3, -0.25) is 4.79 Å². The molecule has 0 aliphatic carbocycles. The zero-order valence-corrected chi connectivity index (χ0v) is 12.2. The summed E-state index contributed by atoms with van der Waals surface area (Å²) < 4.78 is 13.7. The van der Waals surface area contributed by atoms with Gasteiger partial charge in [0.2, 0.25) is 0 Å². The van der Waals surface area contributed by atoms with E-state index in [1.807, 2.05) is 6.92 Å². The minimum atomic E-state index is -0.419. The predicted octanol–water partition coefficient (Wildman–Crippen LogP) is 3.44. The molecule has 0 bridgehead atoms. The van der Waals surface area contributed by atoms with Crippen molar-refractivity contribution >= 4 is 37.8 Å². The summed E-state index contributed by atoms with van der Waals surface area (Å²) in [5.74, 6) is -0.607. The lowest BCUT2D eigenvalue weighted by Crippen LogP contribution is -2.31. The molecule has 0 aliphatic rings. The lowest BCUT2D eigenvalue weighted by atomic mass is 10.2. The monoisotopic (exact) mass is 351 g/mol. The molecule has 0 aromatic heterocycles. The molecule has 1 rings (SSSR count). The smallest absolute Gasteiger partial charge is 0.253 e. The molecule has 0 radical (unpaired) electrons. The Bertz CT molecular complexity index is 375. The highest BCUT2D eigenvalue weighted by Crippen LogP contribution is 2.16. The van der Waals surface area contributed by atoms with E-state index >= 15 is 0 Å². The fourth-order valence-corrected chi connectivity index (χ4v) is 2.26. The second-order valence-corrected chi connectivity index (χ2v) is 6.10. The van der Waals surface area contributed by atoms with Crippen LogP contribution in [0.15, 0.2) is 22.7 Å². The molecule has 0 spiro atoms. The molecule has 16 heavy (non-hydrogen) atoms. The van der Waals surface area contributed by atoms with Crippen LogP contribution >= 0.6 is 31.9 Å². The topological polar surface area (TPSA) is 20.3 Å². The summed E-state index contributed by atoms with van der Waals surface area (Å²) in [4.78, 5) is 13.7. The molecule has 0 saturated carbocycles. The van der Waals surface area contributed by atoms with Crippen molar-refractivity contribution in [2.45, 2.75) is 11.8 Å². The van der Waals surface area contributed by atoms with Gasteiger partial charge in [0, 0.05) is 28.5 Å². The molecule has 0 N–H and O–H groups in total. The molecule has 0 fully saturated rings. The predicted molar refractivity (Wildman–Crippen MR) is 69.4 cm³/mol. The van der Waals surface area contributed by atoms with Gasteiger partial charge in [-0.05, 0) is 18.2 Å². The van der Waals surface area contributed by atoms with Crippen LogP contribution in [0.1, 0.15) is 17.3 Å². The Balaban J connectivity index is 2.87. The van der Waals surface area contributed by atoms with Gasteiger partial charge in [0.15, 0.2) is 0 Å². The first-order valence-corrected chi connectivity index (χ1v) is 6.46. The number of amides is 1. The Hall–Kier alpha value is -0.420. The summed E-state index contributed by atoms with van der Waals surface area (Å²) >= 11 is 6.53. The molecule has 1 unspecified atom stereocenters. The van der Waals surface area contributed by atoms with Crippen molar-refractivity contribution in [3.8, 4) is 0 Å². The van der Waals surface area contributed by atoms with E-state index in [1.54, 1.807) is 18.0 Å². The van der Waals surface area contributed by atoms with Crippen molar-refractivity contribution < 1.29 is 9.18 Å². The number of alkyl halides is 1. The quantitative estimate of drug-likeness (QED) is 0.763. The summed E-state index contributed by atoms with van der Waals surface area (Å²) in [7, 11) is 1.69. The van der Waals surface area contributed by atoms with Gasteiger partial charge in [-0.15, -0.1) is 0 Å². The standard InChI is InChI=1S/C11H12Br2FNO/c1-7(12)6-15(2)11(16)8-3-9(13)5-10(14)4-8/h3-5,7H,6H2,1-2H3. The third kappa shape index (κ3) is 3.87. The highest BCUT2D eigenvalue weighted by atomic mass is 79.9. The summed E-state index contributed by atoms with van der Waals surface area (Å²) in [6.07, 6.45) is 0. The first-order chi connectivity index (χ1) is 7.40. The van der Waals surface area contributed by atoms with Gasteiger partial charge in [-0.2, -0.15) is 0 Å². The fraction of sp³-hybridized carbons (Fsp3) is 0.364. The maximum Gasteiger partial charge on any atom is 0.253 e. The van der Waals surface area contributed by atoms with Crippen LogP contribution in [0.3, 0.4) is 0 Å². The second-order valence-electron chi connectivity index (χ2n) is 3.62. The van der Waals surface area contributed by atoms with Crippen molar-refractivity contribution in [2.24, 2.45) is 0 Å². The van der Waals surface area contributed by atoms with Gasteiger partial charge in [0.25, 0.3) is 5.91 Å². The first kappa shape index (κ1) is 13.6. The first-order valence-electron chi connectivity index (χ1n) is 4.76. The van der Waals surface area contributed by atoms with Gasteiger partial charge >= 0.3 is 0 Å². The molecule has 1 atom stereocenters. The SMILES string of the molecule is CC(Br)CN(C)C(=O)c1cc(F)cc(Br)c1. The minimum Gasteiger partial charge on any atom is -0.341 e. The van der Waals surface area contributed by atoms with E-state index in [1.165, 1.54) is 12.1 Å². The van der Waals surface area contributed by atoms with Gasteiger partial charge in [0.05, 0.1) is 0 Å². The van der Waals surface area contributed by atoms with E-state index in [9.17, 15) is 9.18 Å². The van der Waals surface area contributed by atoms with E-state index in [4.69, 9.17) is 0 Å². The Labute approximate surface area is 111 Å². The van der Waals surface area contributed by atoms with E-state index in [0.717, 1.165) is 0 Å². The van der Waals surface area contributed by atoms with Crippen LogP contribution in [-0.4, -0.2) is 29.2 Å².